The first-order chi connectivity index (χ1) is 25.0. The Hall–Kier alpha value is -3.68. The van der Waals surface area contributed by atoms with E-state index in [0.717, 1.165) is 5.56 Å². The number of hydrogen-bond acceptors (Lipinski definition) is 11. The number of rotatable bonds is 19. The lowest BCUT2D eigenvalue weighted by Gasteiger charge is -2.38. The average Bonchev–Trinajstić information content (AvgIpc) is 3.60. The fourth-order valence-electron chi connectivity index (χ4n) is 7.02. The number of aliphatic hydroxyl groups excluding tert-OH is 1. The van der Waals surface area contributed by atoms with Gasteiger partial charge < -0.3 is 24.8 Å². The van der Waals surface area contributed by atoms with Crippen LogP contribution in [-0.2, 0) is 35.1 Å². The van der Waals surface area contributed by atoms with Gasteiger partial charge in [0.2, 0.25) is 5.91 Å². The highest BCUT2D eigenvalue weighted by molar-refractivity contribution is 7.09. The van der Waals surface area contributed by atoms with Crippen molar-refractivity contribution in [3.8, 4) is 0 Å². The van der Waals surface area contributed by atoms with Crippen molar-refractivity contribution in [2.75, 3.05) is 27.2 Å². The highest BCUT2D eigenvalue weighted by atomic mass is 32.1. The Morgan fingerprint density at radius 1 is 1.06 bits per heavy atom. The first-order valence-corrected chi connectivity index (χ1v) is 19.7. The molecule has 1 aromatic heterocycles. The Kier molecular flexibility index (Phi) is 17.1. The molecule has 0 bridgehead atoms. The van der Waals surface area contributed by atoms with Gasteiger partial charge in [0, 0.05) is 56.7 Å². The number of aliphatic hydroxyl groups is 1. The van der Waals surface area contributed by atoms with Crippen LogP contribution in [0.25, 0.3) is 0 Å². The van der Waals surface area contributed by atoms with Crippen LogP contribution in [0, 0.1) is 23.7 Å². The molecule has 1 saturated heterocycles. The third kappa shape index (κ3) is 13.0. The van der Waals surface area contributed by atoms with Crippen molar-refractivity contribution in [2.24, 2.45) is 23.7 Å². The number of aromatic nitrogens is 1. The smallest absolute Gasteiger partial charge is 0.308 e. The zero-order valence-corrected chi connectivity index (χ0v) is 33.7. The highest BCUT2D eigenvalue weighted by Gasteiger charge is 2.38. The topological polar surface area (TPSA) is 155 Å². The lowest BCUT2D eigenvalue weighted by atomic mass is 9.84. The van der Waals surface area contributed by atoms with Gasteiger partial charge in [-0.15, -0.1) is 11.3 Å². The molecular formula is C40H60N4O8S. The normalized spacial score (nSPS) is 19.2. The highest BCUT2D eigenvalue weighted by Crippen LogP contribution is 2.32. The minimum Gasteiger partial charge on any atom is -0.466 e. The molecule has 1 aliphatic heterocycles. The second kappa shape index (κ2) is 20.7. The second-order valence-electron chi connectivity index (χ2n) is 15.1. The molecule has 13 heteroatoms. The summed E-state index contributed by atoms with van der Waals surface area (Å²) in [6.07, 6.45) is 0.777. The molecule has 7 atom stereocenters. The zero-order chi connectivity index (χ0) is 39.4. The summed E-state index contributed by atoms with van der Waals surface area (Å²) >= 11 is 1.20. The summed E-state index contributed by atoms with van der Waals surface area (Å²) < 4.78 is 11.0. The number of thiazole rings is 1. The van der Waals surface area contributed by atoms with Crippen LogP contribution in [0.1, 0.15) is 108 Å². The van der Waals surface area contributed by atoms with Gasteiger partial charge in [0.1, 0.15) is 10.7 Å². The molecule has 0 spiro atoms. The van der Waals surface area contributed by atoms with E-state index < -0.39 is 42.0 Å². The minimum absolute atomic E-state index is 0.0481. The number of ether oxygens (including phenoxy) is 2. The molecule has 2 amide bonds. The number of carbonyl (C=O) groups is 5. The standard InChI is InChI=1S/C40H60N4O8S/c1-10-51-40(50)26(6)18-29(19-28-14-12-11-13-15-28)41-37(48)32-23-53-38(42-32)36(52-27(7)45)22-33(25(4)5)44(9)39(49)31(24(2)3)21-35(47)34-20-30(46)16-17-43(34)8/h11-15,23-26,29-31,33-34,36,46H,10,16-22H2,1-9H3,(H,41,48)/t26-,29+,30+,31-,33+,34+,36+/m0/s1. The molecule has 0 radical (unpaired) electrons. The maximum absolute atomic E-state index is 14.1. The van der Waals surface area contributed by atoms with Gasteiger partial charge in [0.15, 0.2) is 11.9 Å². The van der Waals surface area contributed by atoms with E-state index in [4.69, 9.17) is 9.47 Å². The number of esters is 2. The van der Waals surface area contributed by atoms with Gasteiger partial charge in [-0.2, -0.15) is 0 Å². The Bertz CT molecular complexity index is 1510. The van der Waals surface area contributed by atoms with Crippen LogP contribution in [0.15, 0.2) is 35.7 Å². The van der Waals surface area contributed by atoms with Gasteiger partial charge in [-0.1, -0.05) is 65.0 Å². The monoisotopic (exact) mass is 756 g/mol. The molecule has 2 heterocycles. The Morgan fingerprint density at radius 2 is 1.74 bits per heavy atom. The summed E-state index contributed by atoms with van der Waals surface area (Å²) in [6.45, 7) is 13.6. The third-order valence-electron chi connectivity index (χ3n) is 10.2. The first-order valence-electron chi connectivity index (χ1n) is 18.8. The van der Waals surface area contributed by atoms with Gasteiger partial charge in [0.05, 0.1) is 24.7 Å². The number of amides is 2. The molecule has 0 unspecified atom stereocenters. The van der Waals surface area contributed by atoms with E-state index in [1.165, 1.54) is 18.3 Å². The Morgan fingerprint density at radius 3 is 2.34 bits per heavy atom. The number of benzene rings is 1. The largest absolute Gasteiger partial charge is 0.466 e. The summed E-state index contributed by atoms with van der Waals surface area (Å²) in [5.74, 6) is -2.67. The van der Waals surface area contributed by atoms with Crippen molar-refractivity contribution < 1.29 is 38.6 Å². The first kappa shape index (κ1) is 43.7. The zero-order valence-electron chi connectivity index (χ0n) is 32.9. The number of piperidine rings is 1. The minimum atomic E-state index is -0.831. The molecule has 1 aromatic carbocycles. The van der Waals surface area contributed by atoms with E-state index in [-0.39, 0.29) is 66.7 Å². The van der Waals surface area contributed by atoms with Crippen LogP contribution in [0.2, 0.25) is 0 Å². The van der Waals surface area contributed by atoms with Crippen molar-refractivity contribution in [1.29, 1.82) is 0 Å². The lowest BCUT2D eigenvalue weighted by molar-refractivity contribution is -0.150. The summed E-state index contributed by atoms with van der Waals surface area (Å²) in [5, 5.41) is 15.3. The maximum Gasteiger partial charge on any atom is 0.308 e. The summed E-state index contributed by atoms with van der Waals surface area (Å²) in [7, 11) is 3.60. The number of likely N-dealkylation sites (N-methyl/N-ethyl adjacent to an activating group) is 1. The van der Waals surface area contributed by atoms with Gasteiger partial charge >= 0.3 is 11.9 Å². The quantitative estimate of drug-likeness (QED) is 0.182. The average molecular weight is 757 g/mol. The Labute approximate surface area is 319 Å². The van der Waals surface area contributed by atoms with Gasteiger partial charge in [-0.3, -0.25) is 28.9 Å². The van der Waals surface area contributed by atoms with Crippen molar-refractivity contribution in [1.82, 2.24) is 20.1 Å². The number of nitrogens with zero attached hydrogens (tertiary/aromatic N) is 3. The molecule has 2 aromatic rings. The van der Waals surface area contributed by atoms with Crippen LogP contribution in [-0.4, -0.2) is 101 Å². The predicted octanol–water partition coefficient (Wildman–Crippen LogP) is 5.24. The fourth-order valence-corrected chi connectivity index (χ4v) is 7.86. The molecule has 53 heavy (non-hydrogen) atoms. The second-order valence-corrected chi connectivity index (χ2v) is 16.0. The molecule has 0 aliphatic carbocycles. The van der Waals surface area contributed by atoms with E-state index in [2.05, 4.69) is 10.3 Å². The van der Waals surface area contributed by atoms with E-state index in [9.17, 15) is 29.1 Å². The van der Waals surface area contributed by atoms with E-state index in [1.54, 1.807) is 31.2 Å². The van der Waals surface area contributed by atoms with E-state index in [1.807, 2.05) is 70.0 Å². The summed E-state index contributed by atoms with van der Waals surface area (Å²) in [6, 6.07) is 8.49. The fraction of sp³-hybridized carbons (Fsp3) is 0.650. The lowest BCUT2D eigenvalue weighted by Crippen LogP contribution is -2.49. The molecule has 0 saturated carbocycles. The number of hydrogen-bond donors (Lipinski definition) is 2. The number of nitrogens with one attached hydrogen (secondary N) is 1. The molecule has 294 valence electrons. The van der Waals surface area contributed by atoms with Crippen molar-refractivity contribution >= 4 is 40.9 Å². The predicted molar refractivity (Wildman–Crippen MR) is 204 cm³/mol. The molecular weight excluding hydrogens is 697 g/mol. The summed E-state index contributed by atoms with van der Waals surface area (Å²) in [5.41, 5.74) is 1.16. The van der Waals surface area contributed by atoms with Crippen LogP contribution in [0.4, 0.5) is 0 Å². The number of ketones is 1. The SMILES string of the molecule is CCOC(=O)[C@@H](C)C[C@H](Cc1ccccc1)NC(=O)c1csc([C@@H](C[C@H](C(C)C)N(C)C(=O)[C@@H](CC(=O)[C@H]2C[C@H](O)CCN2C)C(C)C)OC(C)=O)n1. The van der Waals surface area contributed by atoms with E-state index in [0.29, 0.717) is 37.2 Å². The Balaban J connectivity index is 1.80. The van der Waals surface area contributed by atoms with Crippen molar-refractivity contribution in [2.45, 2.75) is 117 Å². The molecule has 1 aliphatic rings. The third-order valence-corrected chi connectivity index (χ3v) is 11.1. The van der Waals surface area contributed by atoms with Gasteiger partial charge in [0.25, 0.3) is 5.91 Å². The van der Waals surface area contributed by atoms with Crippen molar-refractivity contribution in [3.05, 3.63) is 52.0 Å². The molecule has 1 fully saturated rings. The van der Waals surface area contributed by atoms with Crippen LogP contribution in [0.3, 0.4) is 0 Å². The molecule has 2 N–H and O–H groups in total. The summed E-state index contributed by atoms with van der Waals surface area (Å²) in [4.78, 5) is 74.2. The van der Waals surface area contributed by atoms with Crippen LogP contribution >= 0.6 is 11.3 Å². The maximum atomic E-state index is 14.1. The number of likely N-dealkylation sites (tertiary alicyclic amines) is 1. The van der Waals surface area contributed by atoms with Crippen molar-refractivity contribution in [3.63, 3.8) is 0 Å². The van der Waals surface area contributed by atoms with Crippen LogP contribution in [0.5, 0.6) is 0 Å². The van der Waals surface area contributed by atoms with Gasteiger partial charge in [-0.25, -0.2) is 4.98 Å². The number of carbonyl (C=O) groups excluding carboxylic acids is 5. The van der Waals surface area contributed by atoms with Gasteiger partial charge in [-0.05, 0) is 57.1 Å². The number of Topliss-reactive ketones (excluding diaryl/α,β-unsaturated/α-hetero) is 1. The molecule has 3 rings (SSSR count). The molecule has 12 nitrogen and oxygen atoms in total. The van der Waals surface area contributed by atoms with E-state index >= 15 is 0 Å². The van der Waals surface area contributed by atoms with Crippen LogP contribution < -0.4 is 5.32 Å².